The molecule has 84 valence electrons. The Labute approximate surface area is 121 Å². The van der Waals surface area contributed by atoms with Crippen LogP contribution in [-0.4, -0.2) is 21.4 Å². The number of nitrogens with zero attached hydrogens (tertiary/aromatic N) is 4. The van der Waals surface area contributed by atoms with Crippen molar-refractivity contribution in [2.45, 2.75) is 40.0 Å². The van der Waals surface area contributed by atoms with E-state index in [9.17, 15) is 0 Å². The first-order valence-corrected chi connectivity index (χ1v) is 4.99. The number of aliphatic imine (C=N–C) groups is 1. The van der Waals surface area contributed by atoms with Gasteiger partial charge in [-0.05, 0) is 11.2 Å². The summed E-state index contributed by atoms with van der Waals surface area (Å²) in [6.07, 6.45) is 5.62. The van der Waals surface area contributed by atoms with Gasteiger partial charge in [-0.2, -0.15) is 6.21 Å². The summed E-state index contributed by atoms with van der Waals surface area (Å²) in [4.78, 5) is 8.08. The molecular formula is C11H16N4U. The van der Waals surface area contributed by atoms with Gasteiger partial charge >= 0.3 is 31.1 Å². The minimum atomic E-state index is -0.104. The van der Waals surface area contributed by atoms with Crippen molar-refractivity contribution in [2.24, 2.45) is 10.9 Å². The third-order valence-electron chi connectivity index (χ3n) is 1.60. The second-order valence-corrected chi connectivity index (χ2v) is 4.72. The molecule has 0 spiro atoms. The topological polar surface area (TPSA) is 51.0 Å². The Morgan fingerprint density at radius 1 is 1.25 bits per heavy atom. The summed E-state index contributed by atoms with van der Waals surface area (Å²) in [6.45, 7) is 10.1. The summed E-state index contributed by atoms with van der Waals surface area (Å²) < 4.78 is 0. The molecule has 0 unspecified atom stereocenters. The van der Waals surface area contributed by atoms with E-state index in [-0.39, 0.29) is 42.4 Å². The maximum absolute atomic E-state index is 4.10. The molecule has 1 rings (SSSR count). The van der Waals surface area contributed by atoms with Crippen LogP contribution >= 0.6 is 0 Å². The van der Waals surface area contributed by atoms with Crippen molar-refractivity contribution >= 4 is 12.0 Å². The van der Waals surface area contributed by atoms with Crippen molar-refractivity contribution in [3.05, 3.63) is 12.0 Å². The minimum Gasteiger partial charge on any atom is -0.454 e. The normalized spacial score (nSPS) is 11.9. The van der Waals surface area contributed by atoms with Crippen molar-refractivity contribution in [2.75, 3.05) is 0 Å². The van der Waals surface area contributed by atoms with Crippen LogP contribution in [-0.2, 0) is 5.41 Å². The number of rotatable bonds is 2. The fourth-order valence-electron chi connectivity index (χ4n) is 0.798. The van der Waals surface area contributed by atoms with Gasteiger partial charge in [0.05, 0.1) is 0 Å². The summed E-state index contributed by atoms with van der Waals surface area (Å²) in [5.74, 6) is 1.32. The maximum atomic E-state index is 4.10. The van der Waals surface area contributed by atoms with Crippen molar-refractivity contribution in [1.29, 1.82) is 0 Å². The van der Waals surface area contributed by atoms with Crippen LogP contribution in [0.15, 0.2) is 4.99 Å². The summed E-state index contributed by atoms with van der Waals surface area (Å²) in [6, 6.07) is 0. The van der Waals surface area contributed by atoms with Gasteiger partial charge in [-0.15, -0.1) is 0 Å². The molecule has 0 N–H and O–H groups in total. The van der Waals surface area contributed by atoms with Crippen molar-refractivity contribution in [3.63, 3.8) is 0 Å². The zero-order valence-electron chi connectivity index (χ0n) is 10.4. The van der Waals surface area contributed by atoms with Crippen LogP contribution in [0.5, 0.6) is 0 Å². The van der Waals surface area contributed by atoms with Gasteiger partial charge in [0.15, 0.2) is 0 Å². The molecule has 0 aliphatic carbocycles. The average Bonchev–Trinajstić information content (AvgIpc) is 2.14. The Balaban J connectivity index is 0.00000225. The van der Waals surface area contributed by atoms with Crippen LogP contribution in [0.1, 0.15) is 40.4 Å². The van der Waals surface area contributed by atoms with Gasteiger partial charge < -0.3 is 9.98 Å². The van der Waals surface area contributed by atoms with E-state index in [1.54, 1.807) is 0 Å². The average molecular weight is 442 g/mol. The molecule has 16 heavy (non-hydrogen) atoms. The second kappa shape index (κ2) is 6.46. The zero-order valence-corrected chi connectivity index (χ0v) is 14.5. The summed E-state index contributed by atoms with van der Waals surface area (Å²) in [7, 11) is 0. The van der Waals surface area contributed by atoms with E-state index in [4.69, 9.17) is 0 Å². The Kier molecular flexibility index (Phi) is 6.35. The molecule has 0 saturated heterocycles. The van der Waals surface area contributed by atoms with Crippen LogP contribution < -0.4 is 0 Å². The molecule has 0 aliphatic rings. The number of hydrogen-bond donors (Lipinski definition) is 0. The molecule has 0 radical (unpaired) electrons. The first kappa shape index (κ1) is 15.7. The Bertz CT molecular complexity index is 338. The van der Waals surface area contributed by atoms with Crippen LogP contribution in [0.3, 0.4) is 0 Å². The van der Waals surface area contributed by atoms with Crippen molar-refractivity contribution in [1.82, 2.24) is 15.2 Å². The standard InChI is InChI=1S/C11H16N4.U/c1-8(2)6-12-9-7-13-10(15-14-9)11(3,4)5;/h8H,1-5H3;/q-2;+2. The van der Waals surface area contributed by atoms with Crippen LogP contribution in [0.25, 0.3) is 0 Å². The third kappa shape index (κ3) is 5.18. The first-order valence-electron chi connectivity index (χ1n) is 4.99. The predicted molar refractivity (Wildman–Crippen MR) is 59.3 cm³/mol. The minimum absolute atomic E-state index is 0. The molecule has 0 saturated carbocycles. The number of aromatic nitrogens is 3. The van der Waals surface area contributed by atoms with E-state index in [0.29, 0.717) is 11.6 Å². The molecule has 0 atom stereocenters. The molecule has 5 heteroatoms. The van der Waals surface area contributed by atoms with E-state index in [0.717, 1.165) is 0 Å². The van der Waals surface area contributed by atoms with Gasteiger partial charge in [-0.3, -0.25) is 10.2 Å². The van der Waals surface area contributed by atoms with E-state index in [1.165, 1.54) is 0 Å². The molecular weight excluding hydrogens is 426 g/mol. The van der Waals surface area contributed by atoms with Crippen molar-refractivity contribution in [3.8, 4) is 0 Å². The van der Waals surface area contributed by atoms with Crippen LogP contribution in [0, 0.1) is 43.2 Å². The summed E-state index contributed by atoms with van der Waals surface area (Å²) >= 11 is 0. The molecule has 1 heterocycles. The Hall–Kier alpha value is -0.268. The van der Waals surface area contributed by atoms with E-state index in [1.807, 2.05) is 34.6 Å². The van der Waals surface area contributed by atoms with E-state index < -0.39 is 0 Å². The van der Waals surface area contributed by atoms with Gasteiger partial charge in [0.1, 0.15) is 0 Å². The number of hydrogen-bond acceptors (Lipinski definition) is 4. The smallest absolute Gasteiger partial charge is 0.454 e. The predicted octanol–water partition coefficient (Wildman–Crippen LogP) is 2.20. The fourth-order valence-corrected chi connectivity index (χ4v) is 0.798. The molecule has 0 bridgehead atoms. The Morgan fingerprint density at radius 3 is 2.25 bits per heavy atom. The first-order chi connectivity index (χ1) is 6.89. The molecule has 0 aliphatic heterocycles. The quantitative estimate of drug-likeness (QED) is 0.522. The van der Waals surface area contributed by atoms with Gasteiger partial charge in [0.25, 0.3) is 0 Å². The SMILES string of the molecule is CC(C)[C-]=Nc1[c-]nc(C(C)(C)C)nn1.[U+2]. The molecule has 4 nitrogen and oxygen atoms in total. The van der Waals surface area contributed by atoms with Crippen molar-refractivity contribution < 1.29 is 31.1 Å². The summed E-state index contributed by atoms with van der Waals surface area (Å²) in [5, 5.41) is 7.92. The molecule has 1 aromatic heterocycles. The molecule has 0 aromatic carbocycles. The monoisotopic (exact) mass is 442 g/mol. The van der Waals surface area contributed by atoms with E-state index in [2.05, 4.69) is 32.6 Å². The molecule has 0 fully saturated rings. The maximum Gasteiger partial charge on any atom is 2.00 e. The fraction of sp³-hybridized carbons (Fsp3) is 0.636. The largest absolute Gasteiger partial charge is 2.00 e. The van der Waals surface area contributed by atoms with Gasteiger partial charge in [0.2, 0.25) is 0 Å². The van der Waals surface area contributed by atoms with Crippen LogP contribution in [0.4, 0.5) is 5.82 Å². The van der Waals surface area contributed by atoms with Gasteiger partial charge in [-0.1, -0.05) is 46.4 Å². The zero-order chi connectivity index (χ0) is 11.5. The Morgan fingerprint density at radius 2 is 1.88 bits per heavy atom. The van der Waals surface area contributed by atoms with Gasteiger partial charge in [-0.25, -0.2) is 6.20 Å². The van der Waals surface area contributed by atoms with Gasteiger partial charge in [0, 0.05) is 0 Å². The summed E-state index contributed by atoms with van der Waals surface area (Å²) in [5.41, 5.74) is -0.104. The van der Waals surface area contributed by atoms with E-state index >= 15 is 0 Å². The second-order valence-electron chi connectivity index (χ2n) is 4.72. The van der Waals surface area contributed by atoms with Crippen LogP contribution in [0.2, 0.25) is 0 Å². The molecule has 1 aromatic rings. The molecule has 0 amide bonds. The third-order valence-corrected chi connectivity index (χ3v) is 1.60.